The van der Waals surface area contributed by atoms with Crippen molar-refractivity contribution in [2.24, 2.45) is 0 Å². The van der Waals surface area contributed by atoms with Crippen LogP contribution in [0.4, 0.5) is 17.6 Å². The van der Waals surface area contributed by atoms with Crippen LogP contribution in [0, 0.1) is 23.3 Å². The summed E-state index contributed by atoms with van der Waals surface area (Å²) in [4.78, 5) is 12.0. The molecule has 0 saturated carbocycles. The van der Waals surface area contributed by atoms with Gasteiger partial charge in [0.1, 0.15) is 29.0 Å². The molecule has 0 bridgehead atoms. The van der Waals surface area contributed by atoms with Gasteiger partial charge in [-0.3, -0.25) is 15.0 Å². The molecule has 0 radical (unpaired) electrons. The van der Waals surface area contributed by atoms with Crippen LogP contribution in [-0.4, -0.2) is 35.6 Å². The summed E-state index contributed by atoms with van der Waals surface area (Å²) < 4.78 is 51.7. The van der Waals surface area contributed by atoms with Crippen LogP contribution in [0.1, 0.15) is 0 Å². The molecule has 1 N–H and O–H groups in total. The van der Waals surface area contributed by atoms with Gasteiger partial charge in [-0.1, -0.05) is 18.2 Å². The van der Waals surface area contributed by atoms with Crippen molar-refractivity contribution >= 4 is 0 Å². The van der Waals surface area contributed by atoms with Crippen molar-refractivity contribution < 1.29 is 37.0 Å². The molecule has 0 aliphatic heterocycles. The first kappa shape index (κ1) is 29.9. The van der Waals surface area contributed by atoms with E-state index in [9.17, 15) is 17.6 Å². The van der Waals surface area contributed by atoms with Gasteiger partial charge < -0.3 is 0 Å². The predicted molar refractivity (Wildman–Crippen MR) is 137 cm³/mol. The van der Waals surface area contributed by atoms with Gasteiger partial charge >= 0.3 is 0 Å². The third kappa shape index (κ3) is 8.40. The van der Waals surface area contributed by atoms with Crippen LogP contribution in [0.15, 0.2) is 110 Å². The number of tetrazole rings is 1. The summed E-state index contributed by atoms with van der Waals surface area (Å²) in [6.07, 6.45) is 4.82. The van der Waals surface area contributed by atoms with Crippen molar-refractivity contribution in [3.63, 3.8) is 0 Å². The first-order valence-electron chi connectivity index (χ1n) is 11.4. The van der Waals surface area contributed by atoms with Crippen molar-refractivity contribution in [1.82, 2.24) is 35.6 Å². The van der Waals surface area contributed by atoms with Gasteiger partial charge in [-0.2, -0.15) is 5.21 Å². The molecule has 0 atom stereocenters. The first-order chi connectivity index (χ1) is 19.0. The second kappa shape index (κ2) is 15.0. The smallest absolute Gasteiger partial charge is 0.222 e. The maximum atomic E-state index is 13.3. The molecule has 2 aromatic carbocycles. The van der Waals surface area contributed by atoms with Crippen molar-refractivity contribution in [1.29, 1.82) is 0 Å². The van der Waals surface area contributed by atoms with Crippen molar-refractivity contribution in [3.8, 4) is 34.0 Å². The standard InChI is InChI=1S/2C11H7F2N.C6H5N5.Ru/c2*12-8-4-5-9(10(13)7-8)11-3-1-2-6-14-11;1-2-4-7-5(3-1)6-8-10-11-9-6;/h2*1-7H;1-4H,(H,8,9,10,11);. The van der Waals surface area contributed by atoms with E-state index in [4.69, 9.17) is 0 Å². The van der Waals surface area contributed by atoms with Gasteiger partial charge in [0.2, 0.25) is 5.82 Å². The molecule has 12 heteroatoms. The van der Waals surface area contributed by atoms with Crippen LogP contribution < -0.4 is 0 Å². The van der Waals surface area contributed by atoms with Gasteiger partial charge in [0, 0.05) is 61.3 Å². The van der Waals surface area contributed by atoms with Crippen LogP contribution in [0.25, 0.3) is 34.0 Å². The zero-order valence-electron chi connectivity index (χ0n) is 20.4. The molecule has 0 fully saturated rings. The zero-order valence-corrected chi connectivity index (χ0v) is 22.2. The van der Waals surface area contributed by atoms with Gasteiger partial charge in [-0.15, -0.1) is 10.2 Å². The van der Waals surface area contributed by atoms with Crippen LogP contribution >= 0.6 is 0 Å². The molecule has 0 amide bonds. The van der Waals surface area contributed by atoms with Crippen LogP contribution in [0.2, 0.25) is 0 Å². The zero-order chi connectivity index (χ0) is 27.5. The Balaban J connectivity index is 0.000000165. The maximum absolute atomic E-state index is 13.3. The minimum atomic E-state index is -0.594. The van der Waals surface area contributed by atoms with Gasteiger partial charge in [-0.25, -0.2) is 17.6 Å². The topological polar surface area (TPSA) is 93.1 Å². The Morgan fingerprint density at radius 2 is 0.975 bits per heavy atom. The van der Waals surface area contributed by atoms with E-state index in [0.717, 1.165) is 17.8 Å². The number of nitrogens with one attached hydrogen (secondary N) is 1. The van der Waals surface area contributed by atoms with E-state index in [0.29, 0.717) is 28.3 Å². The molecule has 0 aliphatic rings. The van der Waals surface area contributed by atoms with Gasteiger partial charge in [-0.05, 0) is 65.9 Å². The fraction of sp³-hybridized carbons (Fsp3) is 0. The van der Waals surface area contributed by atoms with Gasteiger partial charge in [0.05, 0.1) is 11.4 Å². The van der Waals surface area contributed by atoms with E-state index >= 15 is 0 Å². The quantitative estimate of drug-likeness (QED) is 0.182. The second-order valence-corrected chi connectivity index (χ2v) is 7.63. The third-order valence-corrected chi connectivity index (χ3v) is 4.98. The van der Waals surface area contributed by atoms with Crippen molar-refractivity contribution in [3.05, 3.63) is 133 Å². The molecular formula is C28H19F4N7Ru. The Labute approximate surface area is 239 Å². The number of H-pyrrole nitrogens is 1. The summed E-state index contributed by atoms with van der Waals surface area (Å²) in [6.45, 7) is 0. The summed E-state index contributed by atoms with van der Waals surface area (Å²) in [5.41, 5.74) is 2.36. The number of benzene rings is 2. The maximum Gasteiger partial charge on any atom is 0.222 e. The molecule has 6 aromatic rings. The van der Waals surface area contributed by atoms with Crippen molar-refractivity contribution in [2.75, 3.05) is 0 Å². The normalized spacial score (nSPS) is 9.80. The number of halogens is 4. The van der Waals surface area contributed by atoms with Crippen molar-refractivity contribution in [2.45, 2.75) is 0 Å². The minimum Gasteiger partial charge on any atom is -0.256 e. The summed E-state index contributed by atoms with van der Waals surface area (Å²) in [7, 11) is 0. The van der Waals surface area contributed by atoms with Crippen LogP contribution in [0.3, 0.4) is 0 Å². The van der Waals surface area contributed by atoms with E-state index in [-0.39, 0.29) is 19.5 Å². The molecule has 0 spiro atoms. The van der Waals surface area contributed by atoms with Gasteiger partial charge in [0.25, 0.3) is 0 Å². The molecule has 7 nitrogen and oxygen atoms in total. The van der Waals surface area contributed by atoms with E-state index in [1.54, 1.807) is 55.0 Å². The minimum absolute atomic E-state index is 0. The fourth-order valence-electron chi connectivity index (χ4n) is 3.20. The van der Waals surface area contributed by atoms with E-state index in [2.05, 4.69) is 35.6 Å². The Hall–Kier alpha value is -4.70. The Morgan fingerprint density at radius 1 is 0.525 bits per heavy atom. The number of hydrogen-bond acceptors (Lipinski definition) is 6. The van der Waals surface area contributed by atoms with E-state index in [1.165, 1.54) is 24.3 Å². The number of aromatic nitrogens is 7. The summed E-state index contributed by atoms with van der Waals surface area (Å²) in [5, 5.41) is 13.3. The molecule has 202 valence electrons. The Morgan fingerprint density at radius 3 is 1.32 bits per heavy atom. The largest absolute Gasteiger partial charge is 0.256 e. The molecule has 40 heavy (non-hydrogen) atoms. The van der Waals surface area contributed by atoms with Gasteiger partial charge in [0.15, 0.2) is 0 Å². The third-order valence-electron chi connectivity index (χ3n) is 4.98. The average molecular weight is 631 g/mol. The predicted octanol–water partition coefficient (Wildman–Crippen LogP) is 6.31. The molecule has 4 aromatic heterocycles. The average Bonchev–Trinajstić information content (AvgIpc) is 3.51. The van der Waals surface area contributed by atoms with E-state index in [1.807, 2.05) is 18.2 Å². The second-order valence-electron chi connectivity index (χ2n) is 7.63. The van der Waals surface area contributed by atoms with Crippen LogP contribution in [-0.2, 0) is 19.5 Å². The molecular weight excluding hydrogens is 611 g/mol. The summed E-state index contributed by atoms with van der Waals surface area (Å²) >= 11 is 0. The molecule has 0 aliphatic carbocycles. The number of aromatic amines is 1. The fourth-order valence-corrected chi connectivity index (χ4v) is 3.20. The number of hydrogen-bond donors (Lipinski definition) is 1. The monoisotopic (exact) mass is 631 g/mol. The summed E-state index contributed by atoms with van der Waals surface area (Å²) in [5.74, 6) is -1.83. The number of rotatable bonds is 3. The number of nitrogens with zero attached hydrogens (tertiary/aromatic N) is 6. The Bertz CT molecular complexity index is 1510. The summed E-state index contributed by atoms with van der Waals surface area (Å²) in [6, 6.07) is 22.8. The molecule has 4 heterocycles. The molecule has 0 saturated heterocycles. The SMILES string of the molecule is Fc1ccc(-c2ccccn2)c(F)c1.Fc1ccc(-c2ccccn2)c(F)c1.[Ru].c1ccc(-c2nn[nH]n2)nc1. The molecule has 0 unspecified atom stereocenters. The van der Waals surface area contributed by atoms with Crippen LogP contribution in [0.5, 0.6) is 0 Å². The molecule has 6 rings (SSSR count). The Kier molecular flexibility index (Phi) is 11.2. The van der Waals surface area contributed by atoms with E-state index < -0.39 is 23.3 Å². The first-order valence-corrected chi connectivity index (χ1v) is 11.4. The number of pyridine rings is 3.